The van der Waals surface area contributed by atoms with Gasteiger partial charge < -0.3 is 38.9 Å². The molecule has 250 valence electrons. The van der Waals surface area contributed by atoms with Crippen LogP contribution in [0.1, 0.15) is 55.9 Å². The number of halogens is 1. The number of amides is 2. The Morgan fingerprint density at radius 2 is 1.49 bits per heavy atom. The van der Waals surface area contributed by atoms with E-state index in [1.165, 1.54) is 77.0 Å². The second-order valence-corrected chi connectivity index (χ2v) is 10.6. The van der Waals surface area contributed by atoms with E-state index in [0.717, 1.165) is 0 Å². The average Bonchev–Trinajstić information content (AvgIpc) is 3.29. The number of carbonyl (C=O) groups is 4. The highest BCUT2D eigenvalue weighted by Gasteiger charge is 2.42. The number of methoxy groups -OCH3 is 4. The predicted octanol–water partition coefficient (Wildman–Crippen LogP) is 3.28. The van der Waals surface area contributed by atoms with Gasteiger partial charge in [-0.1, -0.05) is 16.8 Å². The molecule has 2 atom stereocenters. The minimum Gasteiger partial charge on any atom is -0.497 e. The Bertz CT molecular complexity index is 1610. The zero-order valence-electron chi connectivity index (χ0n) is 26.3. The van der Waals surface area contributed by atoms with Gasteiger partial charge in [-0.25, -0.2) is 9.18 Å². The molecule has 0 spiro atoms. The van der Waals surface area contributed by atoms with Crippen LogP contribution in [-0.2, 0) is 9.57 Å². The lowest BCUT2D eigenvalue weighted by atomic mass is 10.00. The van der Waals surface area contributed by atoms with Crippen LogP contribution in [0.5, 0.6) is 23.0 Å². The molecule has 1 N–H and O–H groups in total. The van der Waals surface area contributed by atoms with Gasteiger partial charge in [-0.15, -0.1) is 0 Å². The zero-order valence-corrected chi connectivity index (χ0v) is 26.3. The molecule has 0 aromatic heterocycles. The van der Waals surface area contributed by atoms with Crippen molar-refractivity contribution in [1.29, 1.82) is 0 Å². The fraction of sp³-hybridized carbons (Fsp3) is 0.333. The first kappa shape index (κ1) is 34.7. The van der Waals surface area contributed by atoms with E-state index in [1.807, 2.05) is 0 Å². The Hall–Kier alpha value is -5.21. The molecule has 2 amide bonds. The molecular weight excluding hydrogens is 619 g/mol. The van der Waals surface area contributed by atoms with Gasteiger partial charge in [0.05, 0.1) is 32.9 Å². The standard InChI is InChI=1S/C33H35FN2O11/c1-42-19-46-26-12-13-27(45-4)29(34)28(26)30(37)20-8-10-21(11-9-20)32(39)47-36(33(40)41)14-6-5-7-23(18-36)35-31(38)22-15-24(43-2)17-25(16-22)44-3/h8-13,15-17,23H,5-7,14,18-19H2,1-4H3,(H-,35,38,40,41). The van der Waals surface area contributed by atoms with Gasteiger partial charge in [0.2, 0.25) is 0 Å². The van der Waals surface area contributed by atoms with Crippen LogP contribution >= 0.6 is 0 Å². The van der Waals surface area contributed by atoms with Gasteiger partial charge in [0.15, 0.2) is 24.1 Å². The van der Waals surface area contributed by atoms with Crippen molar-refractivity contribution in [2.24, 2.45) is 0 Å². The number of nitrogens with one attached hydrogen (secondary N) is 1. The van der Waals surface area contributed by atoms with E-state index >= 15 is 4.39 Å². The first-order valence-electron chi connectivity index (χ1n) is 14.5. The maximum atomic E-state index is 15.1. The maximum Gasteiger partial charge on any atom is 0.398 e. The molecule has 14 heteroatoms. The molecule has 1 aliphatic heterocycles. The average molecular weight is 655 g/mol. The van der Waals surface area contributed by atoms with Gasteiger partial charge in [-0.2, -0.15) is 0 Å². The summed E-state index contributed by atoms with van der Waals surface area (Å²) in [5.41, 5.74) is -0.236. The quantitative estimate of drug-likeness (QED) is 0.184. The number of carboxylic acid groups (broad SMARTS) is 1. The minimum atomic E-state index is -1.66. The highest BCUT2D eigenvalue weighted by Crippen LogP contribution is 2.31. The molecule has 0 bridgehead atoms. The number of ether oxygens (including phenoxy) is 5. The molecule has 0 radical (unpaired) electrons. The summed E-state index contributed by atoms with van der Waals surface area (Å²) in [6, 6.07) is 11.7. The summed E-state index contributed by atoms with van der Waals surface area (Å²) < 4.78 is 39.6. The van der Waals surface area contributed by atoms with Gasteiger partial charge in [-0.05, 0) is 49.2 Å². The SMILES string of the molecule is COCOc1ccc(OC)c(F)c1C(=O)c1ccc(C(=O)O[N+]2(C(=O)[O-])CCCCC(NC(=O)c3cc(OC)cc(OC)c3)C2)cc1. The first-order chi connectivity index (χ1) is 22.5. The van der Waals surface area contributed by atoms with Crippen LogP contribution in [0.25, 0.3) is 0 Å². The van der Waals surface area contributed by atoms with Crippen LogP contribution in [-0.4, -0.2) is 82.8 Å². The van der Waals surface area contributed by atoms with Crippen molar-refractivity contribution in [3.63, 3.8) is 0 Å². The predicted molar refractivity (Wildman–Crippen MR) is 161 cm³/mol. The summed E-state index contributed by atoms with van der Waals surface area (Å²) in [6.45, 7) is -0.629. The number of quaternary nitrogens is 1. The minimum absolute atomic E-state index is 0.00601. The van der Waals surface area contributed by atoms with Gasteiger partial charge in [0.1, 0.15) is 35.9 Å². The van der Waals surface area contributed by atoms with Gasteiger partial charge in [0.25, 0.3) is 5.91 Å². The van der Waals surface area contributed by atoms with Gasteiger partial charge in [-0.3, -0.25) is 14.4 Å². The molecule has 0 aliphatic carbocycles. The van der Waals surface area contributed by atoms with Crippen molar-refractivity contribution >= 4 is 23.8 Å². The summed E-state index contributed by atoms with van der Waals surface area (Å²) in [5, 5.41) is 15.3. The largest absolute Gasteiger partial charge is 0.497 e. The zero-order chi connectivity index (χ0) is 34.1. The summed E-state index contributed by atoms with van der Waals surface area (Å²) in [4.78, 5) is 57.7. The van der Waals surface area contributed by atoms with E-state index in [2.05, 4.69) is 5.32 Å². The van der Waals surface area contributed by atoms with Crippen LogP contribution in [0.15, 0.2) is 54.6 Å². The third kappa shape index (κ3) is 7.96. The lowest BCUT2D eigenvalue weighted by molar-refractivity contribution is -1.04. The van der Waals surface area contributed by atoms with E-state index in [4.69, 9.17) is 28.5 Å². The molecule has 1 fully saturated rings. The van der Waals surface area contributed by atoms with Crippen molar-refractivity contribution in [2.75, 3.05) is 48.3 Å². The summed E-state index contributed by atoms with van der Waals surface area (Å²) >= 11 is 0. The lowest BCUT2D eigenvalue weighted by Crippen LogP contribution is -2.63. The third-order valence-corrected chi connectivity index (χ3v) is 7.61. The van der Waals surface area contributed by atoms with E-state index in [-0.39, 0.29) is 48.1 Å². The Labute approximate surface area is 270 Å². The van der Waals surface area contributed by atoms with E-state index in [9.17, 15) is 24.3 Å². The summed E-state index contributed by atoms with van der Waals surface area (Å²) in [6.07, 6.45) is -0.323. The van der Waals surface area contributed by atoms with Gasteiger partial charge >= 0.3 is 12.1 Å². The molecule has 3 aromatic rings. The first-order valence-corrected chi connectivity index (χ1v) is 14.5. The monoisotopic (exact) mass is 654 g/mol. The fourth-order valence-corrected chi connectivity index (χ4v) is 5.17. The number of benzene rings is 3. The second kappa shape index (κ2) is 15.4. The number of nitrogens with zero attached hydrogens (tertiary/aromatic N) is 1. The molecule has 1 aliphatic rings. The Morgan fingerprint density at radius 3 is 2.09 bits per heavy atom. The number of rotatable bonds is 11. The van der Waals surface area contributed by atoms with Crippen LogP contribution in [0.4, 0.5) is 9.18 Å². The number of hydroxylamine groups is 3. The molecule has 2 unspecified atom stereocenters. The van der Waals surface area contributed by atoms with Gasteiger partial charge in [0, 0.05) is 30.7 Å². The molecule has 4 rings (SSSR count). The van der Waals surface area contributed by atoms with Crippen LogP contribution < -0.4 is 29.4 Å². The number of carbonyl (C=O) groups excluding carboxylic acids is 4. The maximum absolute atomic E-state index is 15.1. The van der Waals surface area contributed by atoms with Crippen molar-refractivity contribution in [3.8, 4) is 23.0 Å². The Balaban J connectivity index is 1.53. The van der Waals surface area contributed by atoms with Crippen molar-refractivity contribution in [2.45, 2.75) is 25.3 Å². The number of hydrogen-bond acceptors (Lipinski definition) is 11. The normalized spacial score (nSPS) is 17.5. The molecule has 1 heterocycles. The smallest absolute Gasteiger partial charge is 0.398 e. The van der Waals surface area contributed by atoms with Crippen molar-refractivity contribution in [3.05, 3.63) is 82.7 Å². The summed E-state index contributed by atoms with van der Waals surface area (Å²) in [5.74, 6) is -2.67. The number of hydrogen-bond donors (Lipinski definition) is 1. The number of ketones is 1. The van der Waals surface area contributed by atoms with Crippen molar-refractivity contribution < 1.29 is 61.8 Å². The molecule has 1 saturated heterocycles. The van der Waals surface area contributed by atoms with E-state index < -0.39 is 45.8 Å². The second-order valence-electron chi connectivity index (χ2n) is 10.6. The van der Waals surface area contributed by atoms with Crippen LogP contribution in [0.3, 0.4) is 0 Å². The number of likely N-dealkylation sites (tertiary alicyclic amines) is 1. The Kier molecular flexibility index (Phi) is 11.3. The topological polar surface area (TPSA) is 159 Å². The Morgan fingerprint density at radius 1 is 0.851 bits per heavy atom. The van der Waals surface area contributed by atoms with E-state index in [1.54, 1.807) is 6.07 Å². The van der Waals surface area contributed by atoms with E-state index in [0.29, 0.717) is 30.8 Å². The van der Waals surface area contributed by atoms with Crippen LogP contribution in [0, 0.1) is 5.82 Å². The van der Waals surface area contributed by atoms with Crippen LogP contribution in [0.2, 0.25) is 0 Å². The molecule has 0 saturated carbocycles. The fourth-order valence-electron chi connectivity index (χ4n) is 5.17. The molecule has 13 nitrogen and oxygen atoms in total. The molecule has 3 aromatic carbocycles. The lowest BCUT2D eigenvalue weighted by Gasteiger charge is -2.34. The van der Waals surface area contributed by atoms with Crippen molar-refractivity contribution in [1.82, 2.24) is 5.32 Å². The highest BCUT2D eigenvalue weighted by molar-refractivity contribution is 6.11. The summed E-state index contributed by atoms with van der Waals surface area (Å²) in [7, 11) is 5.52. The molecule has 47 heavy (non-hydrogen) atoms. The third-order valence-electron chi connectivity index (χ3n) is 7.61. The highest BCUT2D eigenvalue weighted by atomic mass is 19.1. The molecular formula is C33H35FN2O11.